The average molecular weight is 359 g/mol. The molecule has 8 nitrogen and oxygen atoms in total. The minimum Gasteiger partial charge on any atom is -0.370 e. The number of aryl methyl sites for hydroxylation is 2. The van der Waals surface area contributed by atoms with Crippen molar-refractivity contribution in [3.8, 4) is 0 Å². The van der Waals surface area contributed by atoms with Crippen LogP contribution >= 0.6 is 0 Å². The molecule has 2 aliphatic heterocycles. The molecule has 0 aliphatic carbocycles. The van der Waals surface area contributed by atoms with Gasteiger partial charge in [-0.2, -0.15) is 5.10 Å². The summed E-state index contributed by atoms with van der Waals surface area (Å²) in [7, 11) is 0. The number of rotatable bonds is 3. The molecular weight excluding hydrogens is 334 g/mol. The van der Waals surface area contributed by atoms with Gasteiger partial charge in [0.05, 0.1) is 24.4 Å². The SMILES string of the molecule is Cc1noc(C)c1CN1CCCC2(C1)CN(C(=O)c1ccn[nH]1)CCO2. The molecule has 2 aromatic heterocycles. The maximum atomic E-state index is 12.7. The third-order valence-corrected chi connectivity index (χ3v) is 5.45. The van der Waals surface area contributed by atoms with E-state index in [1.165, 1.54) is 0 Å². The van der Waals surface area contributed by atoms with Crippen LogP contribution in [-0.4, -0.2) is 69.4 Å². The summed E-state index contributed by atoms with van der Waals surface area (Å²) in [5.41, 5.74) is 2.34. The van der Waals surface area contributed by atoms with Gasteiger partial charge in [0.2, 0.25) is 0 Å². The molecule has 4 heterocycles. The number of hydrogen-bond acceptors (Lipinski definition) is 6. The molecule has 1 atom stereocenters. The van der Waals surface area contributed by atoms with E-state index >= 15 is 0 Å². The summed E-state index contributed by atoms with van der Waals surface area (Å²) in [4.78, 5) is 17.0. The molecule has 0 radical (unpaired) electrons. The summed E-state index contributed by atoms with van der Waals surface area (Å²) in [6.07, 6.45) is 3.63. The predicted octanol–water partition coefficient (Wildman–Crippen LogP) is 1.52. The molecule has 1 amide bonds. The maximum absolute atomic E-state index is 12.7. The number of H-pyrrole nitrogens is 1. The van der Waals surface area contributed by atoms with Crippen molar-refractivity contribution in [1.82, 2.24) is 25.2 Å². The molecule has 2 fully saturated rings. The van der Waals surface area contributed by atoms with Crippen LogP contribution in [0.25, 0.3) is 0 Å². The highest BCUT2D eigenvalue weighted by molar-refractivity contribution is 5.92. The average Bonchev–Trinajstić information content (AvgIpc) is 3.27. The number of carbonyl (C=O) groups is 1. The van der Waals surface area contributed by atoms with E-state index in [1.807, 2.05) is 18.7 Å². The fourth-order valence-electron chi connectivity index (χ4n) is 4.09. The van der Waals surface area contributed by atoms with Crippen molar-refractivity contribution in [3.63, 3.8) is 0 Å². The fourth-order valence-corrected chi connectivity index (χ4v) is 4.09. The van der Waals surface area contributed by atoms with Gasteiger partial charge in [0.15, 0.2) is 0 Å². The van der Waals surface area contributed by atoms with Gasteiger partial charge >= 0.3 is 0 Å². The molecule has 4 rings (SSSR count). The molecule has 2 saturated heterocycles. The lowest BCUT2D eigenvalue weighted by atomic mass is 9.90. The predicted molar refractivity (Wildman–Crippen MR) is 93.7 cm³/mol. The van der Waals surface area contributed by atoms with Crippen LogP contribution in [0.5, 0.6) is 0 Å². The minimum absolute atomic E-state index is 0.00646. The monoisotopic (exact) mass is 359 g/mol. The highest BCUT2D eigenvalue weighted by atomic mass is 16.5. The van der Waals surface area contributed by atoms with Crippen LogP contribution in [0, 0.1) is 13.8 Å². The Morgan fingerprint density at radius 1 is 1.35 bits per heavy atom. The number of morpholine rings is 1. The van der Waals surface area contributed by atoms with Crippen LogP contribution in [0.4, 0.5) is 0 Å². The lowest BCUT2D eigenvalue weighted by Gasteiger charge is -2.48. The maximum Gasteiger partial charge on any atom is 0.272 e. The molecule has 1 unspecified atom stereocenters. The first kappa shape index (κ1) is 17.2. The summed E-state index contributed by atoms with van der Waals surface area (Å²) >= 11 is 0. The Bertz CT molecular complexity index is 748. The van der Waals surface area contributed by atoms with E-state index in [1.54, 1.807) is 12.3 Å². The number of carbonyl (C=O) groups excluding carboxylic acids is 1. The summed E-state index contributed by atoms with van der Waals surface area (Å²) in [5.74, 6) is 0.871. The van der Waals surface area contributed by atoms with Crippen molar-refractivity contribution >= 4 is 5.91 Å². The van der Waals surface area contributed by atoms with E-state index in [9.17, 15) is 4.79 Å². The number of nitrogens with one attached hydrogen (secondary N) is 1. The van der Waals surface area contributed by atoms with Crippen molar-refractivity contribution in [2.45, 2.75) is 38.8 Å². The molecule has 0 saturated carbocycles. The lowest BCUT2D eigenvalue weighted by molar-refractivity contribution is -0.133. The van der Waals surface area contributed by atoms with E-state index < -0.39 is 0 Å². The van der Waals surface area contributed by atoms with Crippen LogP contribution in [0.3, 0.4) is 0 Å². The number of amides is 1. The summed E-state index contributed by atoms with van der Waals surface area (Å²) < 4.78 is 11.5. The second kappa shape index (κ2) is 6.85. The fraction of sp³-hybridized carbons (Fsp3) is 0.611. The Balaban J connectivity index is 1.46. The van der Waals surface area contributed by atoms with E-state index in [0.717, 1.165) is 49.5 Å². The van der Waals surface area contributed by atoms with Crippen LogP contribution in [0.15, 0.2) is 16.8 Å². The van der Waals surface area contributed by atoms with E-state index in [4.69, 9.17) is 9.26 Å². The van der Waals surface area contributed by atoms with Gasteiger partial charge < -0.3 is 14.2 Å². The van der Waals surface area contributed by atoms with Gasteiger partial charge in [0.1, 0.15) is 11.5 Å². The van der Waals surface area contributed by atoms with Gasteiger partial charge in [-0.05, 0) is 39.3 Å². The molecule has 1 spiro atoms. The number of aromatic nitrogens is 3. The molecule has 0 aromatic carbocycles. The number of likely N-dealkylation sites (tertiary alicyclic amines) is 1. The molecule has 2 aliphatic rings. The first-order chi connectivity index (χ1) is 12.6. The van der Waals surface area contributed by atoms with Gasteiger partial charge in [0, 0.05) is 31.4 Å². The zero-order valence-corrected chi connectivity index (χ0v) is 15.3. The number of piperidine rings is 1. The second-order valence-electron chi connectivity index (χ2n) is 7.35. The number of ether oxygens (including phenoxy) is 1. The topological polar surface area (TPSA) is 87.5 Å². The third-order valence-electron chi connectivity index (χ3n) is 5.45. The molecule has 1 N–H and O–H groups in total. The van der Waals surface area contributed by atoms with E-state index in [-0.39, 0.29) is 11.5 Å². The minimum atomic E-state index is -0.300. The molecule has 2 aromatic rings. The highest BCUT2D eigenvalue weighted by Crippen LogP contribution is 2.31. The largest absolute Gasteiger partial charge is 0.370 e. The third kappa shape index (κ3) is 3.26. The van der Waals surface area contributed by atoms with E-state index in [0.29, 0.717) is 25.4 Å². The Kier molecular flexibility index (Phi) is 4.54. The Labute approximate surface area is 152 Å². The summed E-state index contributed by atoms with van der Waals surface area (Å²) in [6, 6.07) is 1.72. The quantitative estimate of drug-likeness (QED) is 0.894. The van der Waals surface area contributed by atoms with Crippen LogP contribution < -0.4 is 0 Å². The highest BCUT2D eigenvalue weighted by Gasteiger charge is 2.42. The molecule has 0 bridgehead atoms. The second-order valence-corrected chi connectivity index (χ2v) is 7.35. The van der Waals surface area contributed by atoms with Crippen molar-refractivity contribution < 1.29 is 14.1 Å². The van der Waals surface area contributed by atoms with Crippen molar-refractivity contribution in [2.24, 2.45) is 0 Å². The van der Waals surface area contributed by atoms with Crippen LogP contribution in [0.1, 0.15) is 40.3 Å². The van der Waals surface area contributed by atoms with Crippen molar-refractivity contribution in [2.75, 3.05) is 32.8 Å². The molecule has 8 heteroatoms. The Morgan fingerprint density at radius 2 is 2.23 bits per heavy atom. The van der Waals surface area contributed by atoms with Gasteiger partial charge in [-0.15, -0.1) is 0 Å². The Morgan fingerprint density at radius 3 is 2.96 bits per heavy atom. The molecular formula is C18H25N5O3. The molecule has 26 heavy (non-hydrogen) atoms. The van der Waals surface area contributed by atoms with Gasteiger partial charge in [-0.1, -0.05) is 5.16 Å². The molecule has 140 valence electrons. The van der Waals surface area contributed by atoms with Crippen LogP contribution in [0.2, 0.25) is 0 Å². The lowest BCUT2D eigenvalue weighted by Crippen LogP contribution is -2.60. The summed E-state index contributed by atoms with van der Waals surface area (Å²) in [6.45, 7) is 8.37. The zero-order valence-electron chi connectivity index (χ0n) is 15.3. The van der Waals surface area contributed by atoms with Crippen molar-refractivity contribution in [1.29, 1.82) is 0 Å². The number of hydrogen-bond donors (Lipinski definition) is 1. The standard InChI is InChI=1S/C18H25N5O3/c1-13-15(14(2)26-21-13)10-22-7-3-5-18(11-22)12-23(8-9-25-18)17(24)16-4-6-19-20-16/h4,6H,3,5,7-12H2,1-2H3,(H,19,20). The van der Waals surface area contributed by atoms with E-state index in [2.05, 4.69) is 20.3 Å². The van der Waals surface area contributed by atoms with Gasteiger partial charge in [0.25, 0.3) is 5.91 Å². The summed E-state index contributed by atoms with van der Waals surface area (Å²) in [5, 5.41) is 10.7. The zero-order chi connectivity index (χ0) is 18.1. The van der Waals surface area contributed by atoms with Gasteiger partial charge in [-0.25, -0.2) is 0 Å². The van der Waals surface area contributed by atoms with Gasteiger partial charge in [-0.3, -0.25) is 14.8 Å². The smallest absolute Gasteiger partial charge is 0.272 e. The first-order valence-electron chi connectivity index (χ1n) is 9.13. The van der Waals surface area contributed by atoms with Crippen LogP contribution in [-0.2, 0) is 11.3 Å². The number of nitrogens with zero attached hydrogens (tertiary/aromatic N) is 4. The number of aromatic amines is 1. The van der Waals surface area contributed by atoms with Crippen molar-refractivity contribution in [3.05, 3.63) is 35.0 Å². The normalized spacial score (nSPS) is 24.3. The Hall–Kier alpha value is -2.19. The first-order valence-corrected chi connectivity index (χ1v) is 9.13.